The van der Waals surface area contributed by atoms with Gasteiger partial charge in [-0.1, -0.05) is 47.7 Å². The number of aryl methyl sites for hydroxylation is 3. The zero-order valence-electron chi connectivity index (χ0n) is 19.3. The number of anilines is 1. The highest BCUT2D eigenvalue weighted by Crippen LogP contribution is 2.31. The predicted molar refractivity (Wildman–Crippen MR) is 130 cm³/mol. The summed E-state index contributed by atoms with van der Waals surface area (Å²) >= 11 is 1.33. The van der Waals surface area contributed by atoms with Gasteiger partial charge in [-0.15, -0.1) is 10.2 Å². The first-order valence-electron chi connectivity index (χ1n) is 10.4. The van der Waals surface area contributed by atoms with E-state index in [9.17, 15) is 4.79 Å². The van der Waals surface area contributed by atoms with Crippen LogP contribution >= 0.6 is 11.8 Å². The average Bonchev–Trinajstić information content (AvgIpc) is 3.35. The molecule has 8 nitrogen and oxygen atoms in total. The van der Waals surface area contributed by atoms with Gasteiger partial charge in [0, 0.05) is 25.9 Å². The van der Waals surface area contributed by atoms with Crippen molar-refractivity contribution in [3.05, 3.63) is 59.8 Å². The first-order chi connectivity index (χ1) is 15.9. The fourth-order valence-corrected chi connectivity index (χ4v) is 4.20. The number of hydrogen-bond acceptors (Lipinski definition) is 6. The lowest BCUT2D eigenvalue weighted by atomic mass is 10.1. The second-order valence-corrected chi connectivity index (χ2v) is 8.78. The van der Waals surface area contributed by atoms with E-state index >= 15 is 0 Å². The highest BCUT2D eigenvalue weighted by atomic mass is 32.2. The van der Waals surface area contributed by atoms with Crippen LogP contribution in [0.25, 0.3) is 22.6 Å². The molecule has 0 atom stereocenters. The number of methoxy groups -OCH3 is 1. The Morgan fingerprint density at radius 1 is 1.06 bits per heavy atom. The summed E-state index contributed by atoms with van der Waals surface area (Å²) in [5, 5.41) is 16.9. The molecule has 33 heavy (non-hydrogen) atoms. The minimum absolute atomic E-state index is 0.143. The van der Waals surface area contributed by atoms with Gasteiger partial charge in [0.05, 0.1) is 24.1 Å². The fourth-order valence-electron chi connectivity index (χ4n) is 3.49. The van der Waals surface area contributed by atoms with E-state index in [0.717, 1.165) is 22.4 Å². The first-order valence-corrected chi connectivity index (χ1v) is 11.4. The van der Waals surface area contributed by atoms with E-state index in [0.29, 0.717) is 22.4 Å². The van der Waals surface area contributed by atoms with Crippen LogP contribution in [0, 0.1) is 13.8 Å². The summed E-state index contributed by atoms with van der Waals surface area (Å²) in [6.07, 6.45) is 1.93. The van der Waals surface area contributed by atoms with Gasteiger partial charge >= 0.3 is 0 Å². The van der Waals surface area contributed by atoms with Crippen molar-refractivity contribution in [3.63, 3.8) is 0 Å². The quantitative estimate of drug-likeness (QED) is 0.414. The van der Waals surface area contributed by atoms with E-state index in [1.54, 1.807) is 11.8 Å². The van der Waals surface area contributed by atoms with Crippen molar-refractivity contribution in [3.8, 4) is 28.4 Å². The van der Waals surface area contributed by atoms with Crippen LogP contribution in [0.15, 0.2) is 53.8 Å². The van der Waals surface area contributed by atoms with E-state index in [1.165, 1.54) is 17.3 Å². The molecule has 1 amide bonds. The van der Waals surface area contributed by atoms with E-state index in [1.807, 2.05) is 50.0 Å². The zero-order valence-corrected chi connectivity index (χ0v) is 20.1. The maximum atomic E-state index is 12.6. The summed E-state index contributed by atoms with van der Waals surface area (Å²) in [4.78, 5) is 12.6. The van der Waals surface area contributed by atoms with Crippen molar-refractivity contribution in [1.29, 1.82) is 0 Å². The van der Waals surface area contributed by atoms with Crippen molar-refractivity contribution in [2.45, 2.75) is 19.0 Å². The molecule has 0 unspecified atom stereocenters. The summed E-state index contributed by atoms with van der Waals surface area (Å²) in [6.45, 7) is 4.02. The summed E-state index contributed by atoms with van der Waals surface area (Å²) in [7, 11) is 5.36. The van der Waals surface area contributed by atoms with E-state index in [4.69, 9.17) is 4.74 Å². The van der Waals surface area contributed by atoms with Gasteiger partial charge < -0.3 is 14.6 Å². The number of carbonyl (C=O) groups excluding carboxylic acids is 1. The van der Waals surface area contributed by atoms with Crippen LogP contribution in [-0.4, -0.2) is 43.3 Å². The lowest BCUT2D eigenvalue weighted by Gasteiger charge is -2.11. The largest absolute Gasteiger partial charge is 0.495 e. The topological polar surface area (TPSA) is 86.9 Å². The zero-order chi connectivity index (χ0) is 23.5. The second kappa shape index (κ2) is 9.50. The Balaban J connectivity index is 1.51. The lowest BCUT2D eigenvalue weighted by Crippen LogP contribution is -2.15. The summed E-state index contributed by atoms with van der Waals surface area (Å²) < 4.78 is 9.00. The number of nitrogens with one attached hydrogen (secondary N) is 1. The third-order valence-corrected chi connectivity index (χ3v) is 6.21. The SMILES string of the molecule is COc1ccc(C)cc1NC(=O)CSc1nnc(-c2cn(C)nc2-c2ccc(C)cc2)n1C. The maximum absolute atomic E-state index is 12.6. The van der Waals surface area contributed by atoms with E-state index in [-0.39, 0.29) is 11.7 Å². The Bertz CT molecular complexity index is 1290. The van der Waals surface area contributed by atoms with Gasteiger partial charge in [0.25, 0.3) is 0 Å². The molecule has 0 aliphatic carbocycles. The minimum Gasteiger partial charge on any atom is -0.495 e. The molecular weight excluding hydrogens is 436 g/mol. The third-order valence-electron chi connectivity index (χ3n) is 5.19. The van der Waals surface area contributed by atoms with Crippen LogP contribution in [0.3, 0.4) is 0 Å². The van der Waals surface area contributed by atoms with Crippen molar-refractivity contribution in [1.82, 2.24) is 24.5 Å². The number of hydrogen-bond donors (Lipinski definition) is 1. The van der Waals surface area contributed by atoms with Crippen LogP contribution in [0.2, 0.25) is 0 Å². The average molecular weight is 463 g/mol. The van der Waals surface area contributed by atoms with Crippen LogP contribution in [-0.2, 0) is 18.9 Å². The molecule has 2 aromatic carbocycles. The van der Waals surface area contributed by atoms with Gasteiger partial charge in [-0.2, -0.15) is 5.10 Å². The molecule has 2 heterocycles. The fraction of sp³-hybridized carbons (Fsp3) is 0.250. The Morgan fingerprint density at radius 2 is 1.79 bits per heavy atom. The molecule has 4 rings (SSSR count). The van der Waals surface area contributed by atoms with Gasteiger partial charge in [0.1, 0.15) is 11.4 Å². The van der Waals surface area contributed by atoms with E-state index < -0.39 is 0 Å². The number of benzene rings is 2. The molecule has 0 radical (unpaired) electrons. The number of aromatic nitrogens is 5. The monoisotopic (exact) mass is 462 g/mol. The number of amides is 1. The van der Waals surface area contributed by atoms with Crippen LogP contribution in [0.4, 0.5) is 5.69 Å². The molecule has 0 aliphatic heterocycles. The molecule has 1 N–H and O–H groups in total. The van der Waals surface area contributed by atoms with Crippen molar-refractivity contribution in [2.24, 2.45) is 14.1 Å². The Hall–Kier alpha value is -3.59. The van der Waals surface area contributed by atoms with Crippen molar-refractivity contribution >= 4 is 23.4 Å². The van der Waals surface area contributed by atoms with Gasteiger partial charge in [-0.25, -0.2) is 0 Å². The molecule has 9 heteroatoms. The van der Waals surface area contributed by atoms with Gasteiger partial charge in [-0.3, -0.25) is 9.48 Å². The van der Waals surface area contributed by atoms with Gasteiger partial charge in [0.15, 0.2) is 11.0 Å². The van der Waals surface area contributed by atoms with Crippen LogP contribution < -0.4 is 10.1 Å². The first kappa shape index (κ1) is 22.6. The highest BCUT2D eigenvalue weighted by molar-refractivity contribution is 7.99. The van der Waals surface area contributed by atoms with Crippen molar-refractivity contribution < 1.29 is 9.53 Å². The van der Waals surface area contributed by atoms with Crippen molar-refractivity contribution in [2.75, 3.05) is 18.2 Å². The van der Waals surface area contributed by atoms with Crippen LogP contribution in [0.5, 0.6) is 5.75 Å². The normalized spacial score (nSPS) is 10.9. The Labute approximate surface area is 197 Å². The number of ether oxygens (including phenoxy) is 1. The lowest BCUT2D eigenvalue weighted by molar-refractivity contribution is -0.113. The Morgan fingerprint density at radius 3 is 2.52 bits per heavy atom. The molecule has 0 saturated carbocycles. The third kappa shape index (κ3) is 4.93. The number of carbonyl (C=O) groups is 1. The molecular formula is C24H26N6O2S. The van der Waals surface area contributed by atoms with E-state index in [2.05, 4.69) is 51.8 Å². The predicted octanol–water partition coefficient (Wildman–Crippen LogP) is 4.24. The summed E-state index contributed by atoms with van der Waals surface area (Å²) in [5.74, 6) is 1.37. The Kier molecular flexibility index (Phi) is 6.50. The molecule has 0 aliphatic rings. The second-order valence-electron chi connectivity index (χ2n) is 7.84. The number of thioether (sulfide) groups is 1. The molecule has 0 saturated heterocycles. The molecule has 2 aromatic heterocycles. The maximum Gasteiger partial charge on any atom is 0.234 e. The smallest absolute Gasteiger partial charge is 0.234 e. The number of rotatable bonds is 7. The van der Waals surface area contributed by atoms with Gasteiger partial charge in [0.2, 0.25) is 5.91 Å². The molecule has 0 fully saturated rings. The molecule has 170 valence electrons. The number of nitrogens with zero attached hydrogens (tertiary/aromatic N) is 5. The molecule has 0 spiro atoms. The molecule has 0 bridgehead atoms. The van der Waals surface area contributed by atoms with Crippen LogP contribution in [0.1, 0.15) is 11.1 Å². The summed E-state index contributed by atoms with van der Waals surface area (Å²) in [5.41, 5.74) is 5.62. The minimum atomic E-state index is -0.143. The molecule has 4 aromatic rings. The summed E-state index contributed by atoms with van der Waals surface area (Å²) in [6, 6.07) is 13.9. The standard InChI is InChI=1S/C24H26N6O2S/c1-15-6-9-17(10-7-15)22-18(13-29(3)28-22)23-26-27-24(30(23)4)33-14-21(31)25-19-12-16(2)8-11-20(19)32-5/h6-13H,14H2,1-5H3,(H,25,31). The van der Waals surface area contributed by atoms with Gasteiger partial charge in [-0.05, 0) is 31.5 Å². The highest BCUT2D eigenvalue weighted by Gasteiger charge is 2.19.